The summed E-state index contributed by atoms with van der Waals surface area (Å²) in [4.78, 5) is 26.6. The van der Waals surface area contributed by atoms with Gasteiger partial charge in [0.2, 0.25) is 11.8 Å². The Hall–Kier alpha value is -1.44. The van der Waals surface area contributed by atoms with Crippen LogP contribution in [0.3, 0.4) is 0 Å². The molecule has 0 radical (unpaired) electrons. The molecule has 3 rings (SSSR count). The molecule has 1 aromatic rings. The van der Waals surface area contributed by atoms with E-state index in [4.69, 9.17) is 5.73 Å². The fourth-order valence-corrected chi connectivity index (χ4v) is 4.02. The van der Waals surface area contributed by atoms with E-state index < -0.39 is 0 Å². The molecule has 23 heavy (non-hydrogen) atoms. The number of piperazine rings is 1. The van der Waals surface area contributed by atoms with E-state index in [0.717, 1.165) is 19.4 Å². The first-order valence-corrected chi connectivity index (χ1v) is 9.18. The van der Waals surface area contributed by atoms with E-state index in [0.29, 0.717) is 25.9 Å². The van der Waals surface area contributed by atoms with Gasteiger partial charge in [0.05, 0.1) is 0 Å². The highest BCUT2D eigenvalue weighted by molar-refractivity contribution is 7.07. The third-order valence-corrected chi connectivity index (χ3v) is 5.36. The minimum Gasteiger partial charge on any atom is -0.343 e. The molecule has 2 aliphatic rings. The van der Waals surface area contributed by atoms with Gasteiger partial charge in [-0.15, -0.1) is 0 Å². The van der Waals surface area contributed by atoms with Gasteiger partial charge in [-0.2, -0.15) is 11.3 Å². The quantitative estimate of drug-likeness (QED) is 0.630. The molecule has 0 bridgehead atoms. The van der Waals surface area contributed by atoms with E-state index in [-0.39, 0.29) is 29.9 Å². The van der Waals surface area contributed by atoms with Crippen LogP contribution in [0.25, 0.3) is 0 Å². The van der Waals surface area contributed by atoms with Crippen LogP contribution < -0.4 is 16.4 Å². The van der Waals surface area contributed by atoms with E-state index in [1.165, 1.54) is 5.56 Å². The summed E-state index contributed by atoms with van der Waals surface area (Å²) in [5.41, 5.74) is 6.74. The Kier molecular flexibility index (Phi) is 5.30. The number of amides is 2. The molecule has 0 spiro atoms. The Morgan fingerprint density at radius 1 is 1.39 bits per heavy atom. The van der Waals surface area contributed by atoms with Crippen molar-refractivity contribution in [2.75, 3.05) is 13.1 Å². The molecule has 2 saturated heterocycles. The molecule has 0 aromatic carbocycles. The number of carbonyl (C=O) groups excluding carboxylic acids is 2. The lowest BCUT2D eigenvalue weighted by atomic mass is 10.0. The fraction of sp³-hybridized carbons (Fsp3) is 0.625. The van der Waals surface area contributed by atoms with Gasteiger partial charge in [0, 0.05) is 19.1 Å². The van der Waals surface area contributed by atoms with Crippen molar-refractivity contribution in [3.63, 3.8) is 0 Å². The molecule has 126 valence electrons. The van der Waals surface area contributed by atoms with Gasteiger partial charge in [-0.1, -0.05) is 0 Å². The summed E-state index contributed by atoms with van der Waals surface area (Å²) in [5.74, 6) is 0.0497. The zero-order valence-electron chi connectivity index (χ0n) is 13.2. The molecule has 2 fully saturated rings. The Bertz CT molecular complexity index is 548. The number of rotatable bonds is 7. The van der Waals surface area contributed by atoms with Crippen molar-refractivity contribution in [3.05, 3.63) is 22.4 Å². The van der Waals surface area contributed by atoms with Crippen molar-refractivity contribution in [2.45, 2.75) is 50.4 Å². The van der Waals surface area contributed by atoms with E-state index in [9.17, 15) is 9.59 Å². The van der Waals surface area contributed by atoms with E-state index in [1.54, 1.807) is 16.2 Å². The molecular formula is C16H24N4O2S. The molecular weight excluding hydrogens is 312 g/mol. The first-order valence-electron chi connectivity index (χ1n) is 8.24. The van der Waals surface area contributed by atoms with Gasteiger partial charge in [-0.25, -0.2) is 0 Å². The van der Waals surface area contributed by atoms with Crippen molar-refractivity contribution in [3.8, 4) is 0 Å². The van der Waals surface area contributed by atoms with Gasteiger partial charge in [-0.3, -0.25) is 9.59 Å². The van der Waals surface area contributed by atoms with Gasteiger partial charge < -0.3 is 21.3 Å². The molecule has 2 aliphatic heterocycles. The molecule has 2 amide bonds. The van der Waals surface area contributed by atoms with Crippen LogP contribution in [0.5, 0.6) is 0 Å². The highest BCUT2D eigenvalue weighted by Gasteiger charge is 2.45. The number of fused-ring (bicyclic) bond motifs is 1. The molecule has 1 aromatic heterocycles. The van der Waals surface area contributed by atoms with E-state index >= 15 is 0 Å². The van der Waals surface area contributed by atoms with Crippen molar-refractivity contribution in [1.82, 2.24) is 15.5 Å². The maximum absolute atomic E-state index is 12.6. The molecule has 6 nitrogen and oxygen atoms in total. The third-order valence-electron chi connectivity index (χ3n) is 4.62. The van der Waals surface area contributed by atoms with Crippen LogP contribution in [0.4, 0.5) is 0 Å². The van der Waals surface area contributed by atoms with Crippen molar-refractivity contribution < 1.29 is 9.59 Å². The second-order valence-corrected chi connectivity index (χ2v) is 7.08. The average molecular weight is 336 g/mol. The minimum absolute atomic E-state index is 0.0119. The third kappa shape index (κ3) is 3.73. The number of nitrogens with one attached hydrogen (secondary N) is 2. The molecule has 0 saturated carbocycles. The number of hydrogen-bond donors (Lipinski definition) is 3. The van der Waals surface area contributed by atoms with Gasteiger partial charge in [0.25, 0.3) is 0 Å². The standard InChI is InChI=1S/C16H24N4O2S/c17-5-2-1-3-13-16(22)20-9-12(7-14(20)15(21)19-13)18-8-11-4-6-23-10-11/h4,6,10,12-14,18H,1-3,5,7-9,17H2,(H,19,21)/t12-,13-,14-/m0/s1. The first kappa shape index (κ1) is 16.4. The molecule has 0 unspecified atom stereocenters. The summed E-state index contributed by atoms with van der Waals surface area (Å²) < 4.78 is 0. The summed E-state index contributed by atoms with van der Waals surface area (Å²) in [5, 5.41) is 10.5. The molecule has 3 heterocycles. The average Bonchev–Trinajstić information content (AvgIpc) is 3.19. The van der Waals surface area contributed by atoms with Crippen LogP contribution in [0, 0.1) is 0 Å². The minimum atomic E-state index is -0.374. The topological polar surface area (TPSA) is 87.5 Å². The molecule has 3 atom stereocenters. The van der Waals surface area contributed by atoms with Crippen molar-refractivity contribution in [2.24, 2.45) is 5.73 Å². The fourth-order valence-electron chi connectivity index (χ4n) is 3.35. The SMILES string of the molecule is NCCCC[C@@H]1NC(=O)[C@@H]2C[C@H](NCc3ccsc3)CN2C1=O. The number of hydrogen-bond acceptors (Lipinski definition) is 5. The highest BCUT2D eigenvalue weighted by atomic mass is 32.1. The molecule has 7 heteroatoms. The summed E-state index contributed by atoms with van der Waals surface area (Å²) in [7, 11) is 0. The van der Waals surface area contributed by atoms with Crippen LogP contribution in [0.2, 0.25) is 0 Å². The smallest absolute Gasteiger partial charge is 0.245 e. The monoisotopic (exact) mass is 336 g/mol. The molecule has 4 N–H and O–H groups in total. The molecule has 0 aliphatic carbocycles. The van der Waals surface area contributed by atoms with E-state index in [2.05, 4.69) is 27.5 Å². The van der Waals surface area contributed by atoms with Gasteiger partial charge in [-0.05, 0) is 54.6 Å². The number of unbranched alkanes of at least 4 members (excludes halogenated alkanes) is 1. The van der Waals surface area contributed by atoms with Gasteiger partial charge >= 0.3 is 0 Å². The largest absolute Gasteiger partial charge is 0.343 e. The maximum atomic E-state index is 12.6. The van der Waals surface area contributed by atoms with Crippen LogP contribution in [-0.4, -0.2) is 47.9 Å². The Morgan fingerprint density at radius 3 is 3.00 bits per heavy atom. The van der Waals surface area contributed by atoms with E-state index in [1.807, 2.05) is 0 Å². The first-order chi connectivity index (χ1) is 11.2. The number of nitrogens with two attached hydrogens (primary N) is 1. The zero-order valence-corrected chi connectivity index (χ0v) is 14.0. The predicted octanol–water partition coefficient (Wildman–Crippen LogP) is 0.435. The number of nitrogens with zero attached hydrogens (tertiary/aromatic N) is 1. The summed E-state index contributed by atoms with van der Waals surface area (Å²) in [6.07, 6.45) is 3.12. The second-order valence-electron chi connectivity index (χ2n) is 6.30. The van der Waals surface area contributed by atoms with Crippen LogP contribution >= 0.6 is 11.3 Å². The lowest BCUT2D eigenvalue weighted by molar-refractivity contribution is -0.147. The van der Waals surface area contributed by atoms with Crippen molar-refractivity contribution >= 4 is 23.2 Å². The number of thiophene rings is 1. The van der Waals surface area contributed by atoms with Crippen LogP contribution in [-0.2, 0) is 16.1 Å². The maximum Gasteiger partial charge on any atom is 0.245 e. The Balaban J connectivity index is 1.55. The van der Waals surface area contributed by atoms with Crippen molar-refractivity contribution in [1.29, 1.82) is 0 Å². The van der Waals surface area contributed by atoms with Gasteiger partial charge in [0.15, 0.2) is 0 Å². The lowest BCUT2D eigenvalue weighted by Crippen LogP contribution is -2.61. The summed E-state index contributed by atoms with van der Waals surface area (Å²) >= 11 is 1.68. The van der Waals surface area contributed by atoms with Crippen LogP contribution in [0.15, 0.2) is 16.8 Å². The zero-order chi connectivity index (χ0) is 16.2. The predicted molar refractivity (Wildman–Crippen MR) is 89.9 cm³/mol. The highest BCUT2D eigenvalue weighted by Crippen LogP contribution is 2.24. The second kappa shape index (κ2) is 7.42. The summed E-state index contributed by atoms with van der Waals surface area (Å²) in [6, 6.07) is 1.58. The van der Waals surface area contributed by atoms with Crippen LogP contribution in [0.1, 0.15) is 31.2 Å². The lowest BCUT2D eigenvalue weighted by Gasteiger charge is -2.34. The summed E-state index contributed by atoms with van der Waals surface area (Å²) in [6.45, 7) is 2.02. The van der Waals surface area contributed by atoms with Gasteiger partial charge in [0.1, 0.15) is 12.1 Å². The Labute approximate surface area is 140 Å². The Morgan fingerprint density at radius 2 is 2.26 bits per heavy atom. The number of carbonyl (C=O) groups is 2. The normalized spacial score (nSPS) is 27.2.